The highest BCUT2D eigenvalue weighted by atomic mass is 19.1. The maximum Gasteiger partial charge on any atom is 0.308 e. The van der Waals surface area contributed by atoms with Crippen LogP contribution in [0, 0.1) is 11.7 Å². The zero-order valence-electron chi connectivity index (χ0n) is 14.1. The summed E-state index contributed by atoms with van der Waals surface area (Å²) < 4.78 is 15.4. The van der Waals surface area contributed by atoms with Gasteiger partial charge in [0.2, 0.25) is 0 Å². The predicted octanol–water partition coefficient (Wildman–Crippen LogP) is 3.40. The number of hydrogen-bond donors (Lipinski definition) is 2. The van der Waals surface area contributed by atoms with Crippen molar-refractivity contribution in [1.82, 2.24) is 24.5 Å². The summed E-state index contributed by atoms with van der Waals surface area (Å²) >= 11 is 0. The fraction of sp³-hybridized carbons (Fsp3) is 0.222. The predicted molar refractivity (Wildman–Crippen MR) is 94.1 cm³/mol. The number of aromatic amines is 1. The molecular weight excluding hydrogens is 337 g/mol. The number of halogens is 1. The molecule has 0 radical (unpaired) electrons. The maximum atomic E-state index is 13.6. The van der Waals surface area contributed by atoms with E-state index in [0.717, 1.165) is 11.6 Å². The Kier molecular flexibility index (Phi) is 3.68. The van der Waals surface area contributed by atoms with Crippen molar-refractivity contribution in [3.05, 3.63) is 42.7 Å². The first-order valence-corrected chi connectivity index (χ1v) is 8.15. The molecule has 0 aliphatic heterocycles. The average Bonchev–Trinajstić information content (AvgIpc) is 3.23. The molecule has 4 heterocycles. The Morgan fingerprint density at radius 1 is 1.31 bits per heavy atom. The van der Waals surface area contributed by atoms with E-state index in [1.165, 1.54) is 6.07 Å². The lowest BCUT2D eigenvalue weighted by molar-refractivity contribution is -0.142. The Bertz CT molecular complexity index is 1130. The monoisotopic (exact) mass is 353 g/mol. The first kappa shape index (κ1) is 16.2. The second kappa shape index (κ2) is 5.91. The summed E-state index contributed by atoms with van der Waals surface area (Å²) in [6, 6.07) is 2.95. The van der Waals surface area contributed by atoms with E-state index in [0.29, 0.717) is 28.1 Å². The highest BCUT2D eigenvalue weighted by molar-refractivity contribution is 5.92. The van der Waals surface area contributed by atoms with Gasteiger partial charge in [0.25, 0.3) is 0 Å². The molecule has 4 aromatic heterocycles. The number of nitrogens with zero attached hydrogens (tertiary/aromatic N) is 4. The molecule has 0 amide bonds. The Balaban J connectivity index is 1.86. The van der Waals surface area contributed by atoms with Crippen LogP contribution >= 0.6 is 0 Å². The molecule has 132 valence electrons. The van der Waals surface area contributed by atoms with Crippen molar-refractivity contribution in [2.24, 2.45) is 5.92 Å². The first-order valence-electron chi connectivity index (χ1n) is 8.15. The van der Waals surface area contributed by atoms with Gasteiger partial charge in [0.1, 0.15) is 17.1 Å². The molecule has 26 heavy (non-hydrogen) atoms. The SMILES string of the molecule is C[C@H](C(=O)O)[C@H](C)n1ccc2cnc(-c3c[nH]c4ncc(F)cc34)nc21. The van der Waals surface area contributed by atoms with Crippen molar-refractivity contribution < 1.29 is 14.3 Å². The summed E-state index contributed by atoms with van der Waals surface area (Å²) in [5.41, 5.74) is 1.82. The zero-order valence-corrected chi connectivity index (χ0v) is 14.1. The molecular formula is C18H16FN5O2. The minimum atomic E-state index is -0.869. The highest BCUT2D eigenvalue weighted by Crippen LogP contribution is 2.29. The van der Waals surface area contributed by atoms with E-state index in [1.807, 2.05) is 23.8 Å². The van der Waals surface area contributed by atoms with Crippen LogP contribution < -0.4 is 0 Å². The second-order valence-electron chi connectivity index (χ2n) is 6.32. The number of aliphatic carboxylic acids is 1. The lowest BCUT2D eigenvalue weighted by Crippen LogP contribution is -2.21. The Morgan fingerprint density at radius 2 is 2.12 bits per heavy atom. The molecule has 7 nitrogen and oxygen atoms in total. The van der Waals surface area contributed by atoms with Gasteiger partial charge in [0, 0.05) is 41.0 Å². The van der Waals surface area contributed by atoms with Crippen LogP contribution in [-0.2, 0) is 4.79 Å². The third kappa shape index (κ3) is 2.50. The number of carbonyl (C=O) groups is 1. The first-order chi connectivity index (χ1) is 12.5. The minimum Gasteiger partial charge on any atom is -0.481 e. The lowest BCUT2D eigenvalue weighted by atomic mass is 10.0. The summed E-state index contributed by atoms with van der Waals surface area (Å²) in [6.45, 7) is 3.50. The molecule has 0 fully saturated rings. The minimum absolute atomic E-state index is 0.283. The molecule has 4 aromatic rings. The normalized spacial score (nSPS) is 14.0. The van der Waals surface area contributed by atoms with Crippen LogP contribution in [0.25, 0.3) is 33.5 Å². The quantitative estimate of drug-likeness (QED) is 0.586. The Hall–Kier alpha value is -3.29. The third-order valence-corrected chi connectivity index (χ3v) is 4.75. The van der Waals surface area contributed by atoms with Crippen molar-refractivity contribution >= 4 is 28.0 Å². The van der Waals surface area contributed by atoms with Gasteiger partial charge in [0.05, 0.1) is 12.1 Å². The standard InChI is InChI=1S/C18H16FN5O2/c1-9(18(25)26)10(2)24-4-3-11-6-20-16(23-17(11)24)14-8-22-15-13(14)5-12(19)7-21-15/h3-10H,1-2H3,(H,21,22)(H,25,26)/t9-,10-/m0/s1. The van der Waals surface area contributed by atoms with Crippen molar-refractivity contribution in [3.63, 3.8) is 0 Å². The number of aromatic nitrogens is 5. The number of fused-ring (bicyclic) bond motifs is 2. The van der Waals surface area contributed by atoms with Gasteiger partial charge in [-0.1, -0.05) is 0 Å². The number of H-pyrrole nitrogens is 1. The molecule has 2 N–H and O–H groups in total. The molecule has 0 bridgehead atoms. The van der Waals surface area contributed by atoms with Gasteiger partial charge < -0.3 is 14.7 Å². The molecule has 0 spiro atoms. The van der Waals surface area contributed by atoms with Crippen molar-refractivity contribution in [3.8, 4) is 11.4 Å². The van der Waals surface area contributed by atoms with Crippen LogP contribution in [0.3, 0.4) is 0 Å². The molecule has 0 aromatic carbocycles. The van der Waals surface area contributed by atoms with E-state index in [-0.39, 0.29) is 6.04 Å². The van der Waals surface area contributed by atoms with Crippen LogP contribution in [0.1, 0.15) is 19.9 Å². The Labute approximate surface area is 147 Å². The van der Waals surface area contributed by atoms with Crippen LogP contribution in [-0.4, -0.2) is 35.6 Å². The van der Waals surface area contributed by atoms with Gasteiger partial charge in [-0.15, -0.1) is 0 Å². The van der Waals surface area contributed by atoms with E-state index in [4.69, 9.17) is 0 Å². The van der Waals surface area contributed by atoms with Crippen molar-refractivity contribution in [2.45, 2.75) is 19.9 Å². The van der Waals surface area contributed by atoms with Gasteiger partial charge in [0.15, 0.2) is 5.82 Å². The molecule has 0 unspecified atom stereocenters. The van der Waals surface area contributed by atoms with Gasteiger partial charge in [-0.3, -0.25) is 4.79 Å². The molecule has 0 aliphatic carbocycles. The molecule has 0 saturated heterocycles. The number of hydrogen-bond acceptors (Lipinski definition) is 4. The van der Waals surface area contributed by atoms with E-state index in [2.05, 4.69) is 19.9 Å². The summed E-state index contributed by atoms with van der Waals surface area (Å²) in [5, 5.41) is 10.7. The van der Waals surface area contributed by atoms with Gasteiger partial charge >= 0.3 is 5.97 Å². The van der Waals surface area contributed by atoms with Crippen LogP contribution in [0.2, 0.25) is 0 Å². The van der Waals surface area contributed by atoms with Crippen molar-refractivity contribution in [2.75, 3.05) is 0 Å². The topological polar surface area (TPSA) is 96.7 Å². The summed E-state index contributed by atoms with van der Waals surface area (Å²) in [7, 11) is 0. The molecule has 2 atom stereocenters. The average molecular weight is 353 g/mol. The largest absolute Gasteiger partial charge is 0.481 e. The van der Waals surface area contributed by atoms with Crippen molar-refractivity contribution in [1.29, 1.82) is 0 Å². The van der Waals surface area contributed by atoms with E-state index < -0.39 is 17.7 Å². The number of nitrogens with one attached hydrogen (secondary N) is 1. The number of pyridine rings is 1. The number of carboxylic acids is 1. The second-order valence-corrected chi connectivity index (χ2v) is 6.32. The third-order valence-electron chi connectivity index (χ3n) is 4.75. The van der Waals surface area contributed by atoms with Crippen LogP contribution in [0.5, 0.6) is 0 Å². The van der Waals surface area contributed by atoms with Gasteiger partial charge in [-0.2, -0.15) is 0 Å². The fourth-order valence-electron chi connectivity index (χ4n) is 3.01. The number of carboxylic acid groups (broad SMARTS) is 1. The lowest BCUT2D eigenvalue weighted by Gasteiger charge is -2.18. The van der Waals surface area contributed by atoms with E-state index in [1.54, 1.807) is 19.3 Å². The molecule has 8 heteroatoms. The van der Waals surface area contributed by atoms with E-state index >= 15 is 0 Å². The zero-order chi connectivity index (χ0) is 18.4. The van der Waals surface area contributed by atoms with Gasteiger partial charge in [-0.25, -0.2) is 19.3 Å². The molecule has 0 aliphatic rings. The Morgan fingerprint density at radius 3 is 2.88 bits per heavy atom. The van der Waals surface area contributed by atoms with E-state index in [9.17, 15) is 14.3 Å². The number of rotatable bonds is 4. The molecule has 4 rings (SSSR count). The van der Waals surface area contributed by atoms with Crippen LogP contribution in [0.4, 0.5) is 4.39 Å². The summed E-state index contributed by atoms with van der Waals surface area (Å²) in [6.07, 6.45) is 6.32. The summed E-state index contributed by atoms with van der Waals surface area (Å²) in [5.74, 6) is -1.46. The fourth-order valence-corrected chi connectivity index (χ4v) is 3.01. The maximum absolute atomic E-state index is 13.6. The summed E-state index contributed by atoms with van der Waals surface area (Å²) in [4.78, 5) is 27.3. The highest BCUT2D eigenvalue weighted by Gasteiger charge is 2.23. The smallest absolute Gasteiger partial charge is 0.308 e. The van der Waals surface area contributed by atoms with Gasteiger partial charge in [-0.05, 0) is 26.0 Å². The molecule has 0 saturated carbocycles. The van der Waals surface area contributed by atoms with Crippen LogP contribution in [0.15, 0.2) is 36.9 Å².